The van der Waals surface area contributed by atoms with Crippen LogP contribution in [0, 0.1) is 0 Å². The van der Waals surface area contributed by atoms with E-state index in [0.29, 0.717) is 31.2 Å². The highest BCUT2D eigenvalue weighted by atomic mass is 19.4. The van der Waals surface area contributed by atoms with E-state index in [9.17, 15) is 22.8 Å². The first-order valence-electron chi connectivity index (χ1n) is 13.4. The lowest BCUT2D eigenvalue weighted by molar-refractivity contribution is -0.137. The molecule has 4 rings (SSSR count). The van der Waals surface area contributed by atoms with Crippen molar-refractivity contribution in [2.45, 2.75) is 57.5 Å². The standard InChI is InChI=1S/C31H32F3N3O3/c32-31(33,34)28-20-26(15-16-27(28)24-14-13-22-9-4-3-5-10-23(22)19-24)37(30(39)25-11-8-17-35-21-25)18-7-2-1-6-12-29(38)36-40/h4,8-9,11,13-17,19-21,40H,1-3,5-7,10,12,18H2,(H,36,38). The molecule has 1 heterocycles. The summed E-state index contributed by atoms with van der Waals surface area (Å²) in [6, 6.07) is 12.7. The summed E-state index contributed by atoms with van der Waals surface area (Å²) in [6.45, 7) is 0.196. The summed E-state index contributed by atoms with van der Waals surface area (Å²) >= 11 is 0. The summed E-state index contributed by atoms with van der Waals surface area (Å²) in [4.78, 5) is 30.0. The van der Waals surface area contributed by atoms with Crippen LogP contribution in [0.15, 0.2) is 67.0 Å². The Labute approximate surface area is 231 Å². The zero-order valence-electron chi connectivity index (χ0n) is 22.1. The lowest BCUT2D eigenvalue weighted by Gasteiger charge is -2.25. The normalized spacial score (nSPS) is 12.9. The van der Waals surface area contributed by atoms with Crippen LogP contribution in [0.2, 0.25) is 0 Å². The molecule has 0 saturated carbocycles. The fourth-order valence-corrected chi connectivity index (χ4v) is 4.92. The van der Waals surface area contributed by atoms with Crippen molar-refractivity contribution in [3.63, 3.8) is 0 Å². The van der Waals surface area contributed by atoms with Gasteiger partial charge in [0, 0.05) is 31.0 Å². The minimum absolute atomic E-state index is 0.0724. The summed E-state index contributed by atoms with van der Waals surface area (Å²) in [5, 5.41) is 8.61. The van der Waals surface area contributed by atoms with Gasteiger partial charge in [-0.3, -0.25) is 19.8 Å². The van der Waals surface area contributed by atoms with Crippen molar-refractivity contribution < 1.29 is 28.0 Å². The Morgan fingerprint density at radius 3 is 2.60 bits per heavy atom. The predicted molar refractivity (Wildman–Crippen MR) is 148 cm³/mol. The number of fused-ring (bicyclic) bond motifs is 1. The van der Waals surface area contributed by atoms with Crippen LogP contribution in [0.1, 0.15) is 72.0 Å². The molecule has 1 aliphatic rings. The molecule has 0 aliphatic heterocycles. The topological polar surface area (TPSA) is 82.5 Å². The number of benzene rings is 2. The number of carbonyl (C=O) groups is 2. The molecule has 0 radical (unpaired) electrons. The third-order valence-corrected chi connectivity index (χ3v) is 7.00. The quantitative estimate of drug-likeness (QED) is 0.158. The van der Waals surface area contributed by atoms with Crippen molar-refractivity contribution in [3.8, 4) is 11.1 Å². The average Bonchev–Trinajstić information content (AvgIpc) is 3.21. The van der Waals surface area contributed by atoms with E-state index in [4.69, 9.17) is 5.21 Å². The van der Waals surface area contributed by atoms with Crippen molar-refractivity contribution in [2.24, 2.45) is 0 Å². The number of aryl methyl sites for hydroxylation is 1. The Morgan fingerprint density at radius 1 is 1.02 bits per heavy atom. The number of carbonyl (C=O) groups excluding carboxylic acids is 2. The van der Waals surface area contributed by atoms with E-state index < -0.39 is 23.6 Å². The molecule has 9 heteroatoms. The molecular weight excluding hydrogens is 519 g/mol. The van der Waals surface area contributed by atoms with Crippen LogP contribution in [0.5, 0.6) is 0 Å². The van der Waals surface area contributed by atoms with Gasteiger partial charge in [-0.25, -0.2) is 5.48 Å². The van der Waals surface area contributed by atoms with Crippen LogP contribution < -0.4 is 10.4 Å². The number of nitrogens with one attached hydrogen (secondary N) is 1. The van der Waals surface area contributed by atoms with E-state index in [-0.39, 0.29) is 29.8 Å². The number of halogens is 3. The maximum absolute atomic E-state index is 14.4. The number of hydroxylamine groups is 1. The van der Waals surface area contributed by atoms with Gasteiger partial charge in [-0.1, -0.05) is 49.3 Å². The van der Waals surface area contributed by atoms with Crippen LogP contribution in [0.3, 0.4) is 0 Å². The minimum atomic E-state index is -4.63. The first kappa shape index (κ1) is 29.0. The molecule has 3 aromatic rings. The van der Waals surface area contributed by atoms with E-state index in [1.807, 2.05) is 18.2 Å². The molecule has 2 N–H and O–H groups in total. The second-order valence-corrected chi connectivity index (χ2v) is 9.83. The predicted octanol–water partition coefficient (Wildman–Crippen LogP) is 7.22. The first-order valence-corrected chi connectivity index (χ1v) is 13.4. The molecule has 2 amide bonds. The number of unbranched alkanes of at least 4 members (excludes halogenated alkanes) is 3. The van der Waals surface area contributed by atoms with Crippen molar-refractivity contribution in [3.05, 3.63) is 89.3 Å². The van der Waals surface area contributed by atoms with Crippen molar-refractivity contribution >= 4 is 23.6 Å². The van der Waals surface area contributed by atoms with E-state index in [2.05, 4.69) is 11.1 Å². The van der Waals surface area contributed by atoms with Crippen LogP contribution in [0.25, 0.3) is 17.2 Å². The Hall–Kier alpha value is -3.98. The fraction of sp³-hybridized carbons (Fsp3) is 0.323. The minimum Gasteiger partial charge on any atom is -0.308 e. The van der Waals surface area contributed by atoms with Gasteiger partial charge in [0.25, 0.3) is 5.91 Å². The number of hydrogen-bond donors (Lipinski definition) is 2. The Balaban J connectivity index is 1.63. The Kier molecular flexibility index (Phi) is 9.71. The maximum Gasteiger partial charge on any atom is 0.417 e. The molecule has 2 aromatic carbocycles. The van der Waals surface area contributed by atoms with Gasteiger partial charge >= 0.3 is 6.18 Å². The molecule has 6 nitrogen and oxygen atoms in total. The van der Waals surface area contributed by atoms with Crippen molar-refractivity contribution in [1.29, 1.82) is 0 Å². The van der Waals surface area contributed by atoms with E-state index in [1.165, 1.54) is 23.4 Å². The molecule has 0 saturated heterocycles. The van der Waals surface area contributed by atoms with Crippen molar-refractivity contribution in [1.82, 2.24) is 10.5 Å². The number of alkyl halides is 3. The summed E-state index contributed by atoms with van der Waals surface area (Å²) < 4.78 is 43.2. The second kappa shape index (κ2) is 13.4. The van der Waals surface area contributed by atoms with Gasteiger partial charge in [0.15, 0.2) is 0 Å². The van der Waals surface area contributed by atoms with Gasteiger partial charge in [-0.05, 0) is 78.6 Å². The summed E-state index contributed by atoms with van der Waals surface area (Å²) in [5.74, 6) is -0.912. The molecule has 40 heavy (non-hydrogen) atoms. The lowest BCUT2D eigenvalue weighted by atomic mass is 9.93. The highest BCUT2D eigenvalue weighted by Crippen LogP contribution is 2.40. The highest BCUT2D eigenvalue weighted by Gasteiger charge is 2.35. The Bertz CT molecular complexity index is 1360. The van der Waals surface area contributed by atoms with Crippen LogP contribution in [-0.2, 0) is 17.4 Å². The third-order valence-electron chi connectivity index (χ3n) is 7.00. The van der Waals surface area contributed by atoms with Gasteiger partial charge in [0.1, 0.15) is 0 Å². The molecule has 0 bridgehead atoms. The van der Waals surface area contributed by atoms with Crippen LogP contribution >= 0.6 is 0 Å². The van der Waals surface area contributed by atoms with E-state index >= 15 is 0 Å². The van der Waals surface area contributed by atoms with Crippen molar-refractivity contribution in [2.75, 3.05) is 11.4 Å². The molecule has 0 atom stereocenters. The number of amides is 2. The van der Waals surface area contributed by atoms with E-state index in [0.717, 1.165) is 36.5 Å². The van der Waals surface area contributed by atoms with Gasteiger partial charge in [0.2, 0.25) is 5.91 Å². The summed E-state index contributed by atoms with van der Waals surface area (Å²) in [5.41, 5.74) is 3.83. The maximum atomic E-state index is 14.4. The molecular formula is C31H32F3N3O3. The molecule has 210 valence electrons. The number of aromatic nitrogens is 1. The molecule has 0 unspecified atom stereocenters. The largest absolute Gasteiger partial charge is 0.417 e. The molecule has 0 spiro atoms. The second-order valence-electron chi connectivity index (χ2n) is 9.83. The number of nitrogens with zero attached hydrogens (tertiary/aromatic N) is 2. The zero-order chi connectivity index (χ0) is 28.5. The van der Waals surface area contributed by atoms with Crippen LogP contribution in [-0.4, -0.2) is 28.6 Å². The number of hydrogen-bond acceptors (Lipinski definition) is 4. The van der Waals surface area contributed by atoms with Gasteiger partial charge in [-0.15, -0.1) is 0 Å². The van der Waals surface area contributed by atoms with Crippen LogP contribution in [0.4, 0.5) is 18.9 Å². The van der Waals surface area contributed by atoms with Gasteiger partial charge < -0.3 is 4.90 Å². The number of anilines is 1. The van der Waals surface area contributed by atoms with Gasteiger partial charge in [0.05, 0.1) is 11.1 Å². The molecule has 1 aromatic heterocycles. The summed E-state index contributed by atoms with van der Waals surface area (Å²) in [7, 11) is 0. The monoisotopic (exact) mass is 551 g/mol. The first-order chi connectivity index (χ1) is 19.3. The number of rotatable bonds is 10. The molecule has 0 fully saturated rings. The van der Waals surface area contributed by atoms with E-state index in [1.54, 1.807) is 29.7 Å². The van der Waals surface area contributed by atoms with Gasteiger partial charge in [-0.2, -0.15) is 13.2 Å². The zero-order valence-corrected chi connectivity index (χ0v) is 22.1. The average molecular weight is 552 g/mol. The molecule has 1 aliphatic carbocycles. The number of pyridine rings is 1. The Morgan fingerprint density at radius 2 is 1.85 bits per heavy atom. The third kappa shape index (κ3) is 7.35. The number of allylic oxidation sites excluding steroid dienone is 1. The highest BCUT2D eigenvalue weighted by molar-refractivity contribution is 6.06. The fourth-order valence-electron chi connectivity index (χ4n) is 4.92. The smallest absolute Gasteiger partial charge is 0.308 e. The summed E-state index contributed by atoms with van der Waals surface area (Å²) in [6.07, 6.45) is 7.63. The lowest BCUT2D eigenvalue weighted by Crippen LogP contribution is -2.32. The SMILES string of the molecule is O=C(CCCCCCN(C(=O)c1cccnc1)c1ccc(-c2ccc3c(c2)CCCC=C3)c(C(F)(F)F)c1)NO.